The van der Waals surface area contributed by atoms with Crippen LogP contribution in [0, 0.1) is 28.6 Å². The van der Waals surface area contributed by atoms with Crippen molar-refractivity contribution < 1.29 is 4.74 Å². The van der Waals surface area contributed by atoms with Crippen molar-refractivity contribution in [2.24, 2.45) is 28.6 Å². The van der Waals surface area contributed by atoms with Crippen LogP contribution in [0.2, 0.25) is 0 Å². The van der Waals surface area contributed by atoms with Gasteiger partial charge in [-0.3, -0.25) is 0 Å². The lowest BCUT2D eigenvalue weighted by molar-refractivity contribution is -0.00719. The van der Waals surface area contributed by atoms with Crippen molar-refractivity contribution in [2.75, 3.05) is 7.11 Å². The maximum Gasteiger partial charge on any atom is 0.0958 e. The van der Waals surface area contributed by atoms with Gasteiger partial charge in [0.25, 0.3) is 0 Å². The summed E-state index contributed by atoms with van der Waals surface area (Å²) in [6.07, 6.45) is 17.9. The van der Waals surface area contributed by atoms with Gasteiger partial charge >= 0.3 is 0 Å². The Labute approximate surface area is 135 Å². The Morgan fingerprint density at radius 2 is 2.09 bits per heavy atom. The topological polar surface area (TPSA) is 9.23 Å². The second-order valence-corrected chi connectivity index (χ2v) is 8.37. The van der Waals surface area contributed by atoms with Gasteiger partial charge in [-0.1, -0.05) is 25.5 Å². The van der Waals surface area contributed by atoms with Crippen LogP contribution >= 0.6 is 0 Å². The molecule has 0 aromatic carbocycles. The molecule has 0 radical (unpaired) electrons. The second-order valence-electron chi connectivity index (χ2n) is 8.37. The predicted molar refractivity (Wildman–Crippen MR) is 91.3 cm³/mol. The first-order chi connectivity index (χ1) is 10.6. The Hall–Kier alpha value is -0.980. The van der Waals surface area contributed by atoms with Crippen LogP contribution in [0.25, 0.3) is 0 Å². The van der Waals surface area contributed by atoms with E-state index in [-0.39, 0.29) is 0 Å². The van der Waals surface area contributed by atoms with E-state index in [1.165, 1.54) is 50.7 Å². The summed E-state index contributed by atoms with van der Waals surface area (Å²) in [6, 6.07) is 0. The molecule has 0 saturated heterocycles. The number of allylic oxidation sites excluding steroid dienone is 5. The SMILES string of the molecule is C=C[C@@]12CCC[C@H]1[C@@H]1CC=C3C=C(OC)CC[C@]3(C)[C@H]1CC2. The van der Waals surface area contributed by atoms with Gasteiger partial charge in [-0.2, -0.15) is 0 Å². The molecule has 0 aromatic heterocycles. The van der Waals surface area contributed by atoms with E-state index in [0.717, 1.165) is 24.2 Å². The third-order valence-corrected chi connectivity index (χ3v) is 7.81. The highest BCUT2D eigenvalue weighted by atomic mass is 16.5. The zero-order chi connectivity index (χ0) is 15.4. The molecular weight excluding hydrogens is 268 g/mol. The van der Waals surface area contributed by atoms with Crippen molar-refractivity contribution in [3.63, 3.8) is 0 Å². The van der Waals surface area contributed by atoms with Crippen LogP contribution in [0.1, 0.15) is 58.3 Å². The van der Waals surface area contributed by atoms with Crippen LogP contribution in [-0.2, 0) is 4.74 Å². The number of methoxy groups -OCH3 is 1. The van der Waals surface area contributed by atoms with Crippen LogP contribution < -0.4 is 0 Å². The normalized spacial score (nSPS) is 46.7. The Morgan fingerprint density at radius 1 is 1.23 bits per heavy atom. The summed E-state index contributed by atoms with van der Waals surface area (Å²) in [5, 5.41) is 0. The zero-order valence-corrected chi connectivity index (χ0v) is 14.2. The van der Waals surface area contributed by atoms with Crippen molar-refractivity contribution in [3.8, 4) is 0 Å². The molecule has 0 unspecified atom stereocenters. The van der Waals surface area contributed by atoms with Gasteiger partial charge in [-0.15, -0.1) is 6.58 Å². The molecule has 0 aliphatic heterocycles. The van der Waals surface area contributed by atoms with E-state index in [1.807, 2.05) is 7.11 Å². The summed E-state index contributed by atoms with van der Waals surface area (Å²) in [7, 11) is 1.82. The number of rotatable bonds is 2. The van der Waals surface area contributed by atoms with E-state index in [9.17, 15) is 0 Å². The van der Waals surface area contributed by atoms with Crippen molar-refractivity contribution in [1.29, 1.82) is 0 Å². The lowest BCUT2D eigenvalue weighted by Crippen LogP contribution is -2.48. The minimum atomic E-state index is 0.390. The zero-order valence-electron chi connectivity index (χ0n) is 14.2. The van der Waals surface area contributed by atoms with E-state index < -0.39 is 0 Å². The molecule has 0 N–H and O–H groups in total. The Morgan fingerprint density at radius 3 is 2.86 bits per heavy atom. The Balaban J connectivity index is 1.70. The molecule has 1 nitrogen and oxygen atoms in total. The molecule has 2 fully saturated rings. The van der Waals surface area contributed by atoms with E-state index in [0.29, 0.717) is 10.8 Å². The lowest BCUT2D eigenvalue weighted by Gasteiger charge is -2.56. The third-order valence-electron chi connectivity index (χ3n) is 7.81. The first-order valence-electron chi connectivity index (χ1n) is 9.22. The van der Waals surface area contributed by atoms with Gasteiger partial charge in [0.15, 0.2) is 0 Å². The highest BCUT2D eigenvalue weighted by molar-refractivity contribution is 5.36. The van der Waals surface area contributed by atoms with Gasteiger partial charge < -0.3 is 4.74 Å². The molecule has 0 bridgehead atoms. The summed E-state index contributed by atoms with van der Waals surface area (Å²) in [5.74, 6) is 3.84. The quantitative estimate of drug-likeness (QED) is 0.599. The molecule has 22 heavy (non-hydrogen) atoms. The van der Waals surface area contributed by atoms with Crippen LogP contribution in [0.5, 0.6) is 0 Å². The van der Waals surface area contributed by atoms with Crippen molar-refractivity contribution >= 4 is 0 Å². The van der Waals surface area contributed by atoms with E-state index in [2.05, 4.69) is 31.7 Å². The fraction of sp³-hybridized carbons (Fsp3) is 0.714. The fourth-order valence-corrected chi connectivity index (χ4v) is 6.52. The summed E-state index contributed by atoms with van der Waals surface area (Å²) in [6.45, 7) is 6.77. The molecule has 2 saturated carbocycles. The molecule has 1 heteroatoms. The molecule has 4 rings (SSSR count). The van der Waals surface area contributed by atoms with Gasteiger partial charge in [-0.05, 0) is 78.8 Å². The first kappa shape index (κ1) is 14.6. The van der Waals surface area contributed by atoms with Crippen LogP contribution in [0.4, 0.5) is 0 Å². The monoisotopic (exact) mass is 298 g/mol. The Kier molecular flexibility index (Phi) is 3.33. The van der Waals surface area contributed by atoms with Crippen molar-refractivity contribution in [3.05, 3.63) is 36.1 Å². The first-order valence-corrected chi connectivity index (χ1v) is 9.22. The summed E-state index contributed by atoms with van der Waals surface area (Å²) < 4.78 is 5.53. The van der Waals surface area contributed by atoms with E-state index >= 15 is 0 Å². The minimum absolute atomic E-state index is 0.390. The number of ether oxygens (including phenoxy) is 1. The summed E-state index contributed by atoms with van der Waals surface area (Å²) >= 11 is 0. The van der Waals surface area contributed by atoms with Crippen molar-refractivity contribution in [1.82, 2.24) is 0 Å². The van der Waals surface area contributed by atoms with Gasteiger partial charge in [0.05, 0.1) is 12.9 Å². The molecular formula is C21H30O. The van der Waals surface area contributed by atoms with Crippen molar-refractivity contribution in [2.45, 2.75) is 58.3 Å². The lowest BCUT2D eigenvalue weighted by atomic mass is 9.48. The van der Waals surface area contributed by atoms with Crippen LogP contribution in [-0.4, -0.2) is 7.11 Å². The minimum Gasteiger partial charge on any atom is -0.501 e. The predicted octanol–water partition coefficient (Wildman–Crippen LogP) is 5.65. The highest BCUT2D eigenvalue weighted by Gasteiger charge is 2.55. The molecule has 4 aliphatic rings. The van der Waals surface area contributed by atoms with E-state index in [4.69, 9.17) is 4.74 Å². The van der Waals surface area contributed by atoms with Crippen LogP contribution in [0.3, 0.4) is 0 Å². The average Bonchev–Trinajstić information content (AvgIpc) is 2.98. The van der Waals surface area contributed by atoms with Gasteiger partial charge in [0.1, 0.15) is 0 Å². The van der Waals surface area contributed by atoms with Crippen LogP contribution in [0.15, 0.2) is 36.1 Å². The van der Waals surface area contributed by atoms with Gasteiger partial charge in [0, 0.05) is 6.42 Å². The number of hydrogen-bond acceptors (Lipinski definition) is 1. The smallest absolute Gasteiger partial charge is 0.0958 e. The maximum atomic E-state index is 5.53. The molecule has 4 aliphatic carbocycles. The molecule has 5 atom stereocenters. The van der Waals surface area contributed by atoms with Gasteiger partial charge in [0.2, 0.25) is 0 Å². The van der Waals surface area contributed by atoms with Gasteiger partial charge in [-0.25, -0.2) is 0 Å². The summed E-state index contributed by atoms with van der Waals surface area (Å²) in [4.78, 5) is 0. The number of fused-ring (bicyclic) bond motifs is 5. The maximum absolute atomic E-state index is 5.53. The van der Waals surface area contributed by atoms with E-state index in [1.54, 1.807) is 5.57 Å². The standard InChI is InChI=1S/C21H30O/c1-4-21-11-5-6-19(21)17-8-7-15-14-16(22-3)9-12-20(15,2)18(17)10-13-21/h4,7,14,17-19H,1,5-6,8-13H2,2-3H3/t17-,18+,19+,20+,21+/m1/s1. The average molecular weight is 298 g/mol. The molecule has 0 aromatic rings. The fourth-order valence-electron chi connectivity index (χ4n) is 6.52. The largest absolute Gasteiger partial charge is 0.501 e. The Bertz CT molecular complexity index is 542. The molecule has 0 spiro atoms. The third kappa shape index (κ3) is 1.83. The second kappa shape index (κ2) is 5.01. The molecule has 0 amide bonds. The number of hydrogen-bond donors (Lipinski definition) is 0. The highest BCUT2D eigenvalue weighted by Crippen LogP contribution is 2.64. The molecule has 0 heterocycles. The summed E-state index contributed by atoms with van der Waals surface area (Å²) in [5.41, 5.74) is 2.44. The molecule has 120 valence electrons.